The van der Waals surface area contributed by atoms with E-state index in [1.165, 1.54) is 0 Å². The van der Waals surface area contributed by atoms with Crippen molar-refractivity contribution in [3.8, 4) is 5.75 Å². The van der Waals surface area contributed by atoms with E-state index in [0.717, 1.165) is 24.3 Å². The van der Waals surface area contributed by atoms with E-state index in [1.807, 2.05) is 24.3 Å². The largest absolute Gasteiger partial charge is 0.493 e. The first-order valence-corrected chi connectivity index (χ1v) is 9.13. The van der Waals surface area contributed by atoms with Crippen LogP contribution in [0.5, 0.6) is 5.75 Å². The topological polar surface area (TPSA) is 68.1 Å². The molecule has 3 rings (SSSR count). The van der Waals surface area contributed by atoms with E-state index >= 15 is 0 Å². The molecule has 2 aliphatic rings. The van der Waals surface area contributed by atoms with Crippen LogP contribution in [0.2, 0.25) is 0 Å². The van der Waals surface area contributed by atoms with Gasteiger partial charge in [-0.25, -0.2) is 4.21 Å². The van der Waals surface area contributed by atoms with Gasteiger partial charge in [-0.3, -0.25) is 0 Å². The molecule has 0 unspecified atom stereocenters. The molecule has 0 saturated carbocycles. The molecule has 0 amide bonds. The van der Waals surface area contributed by atoms with Gasteiger partial charge in [-0.15, -0.1) is 0 Å². The third kappa shape index (κ3) is 3.39. The Morgan fingerprint density at radius 1 is 1.24 bits per heavy atom. The highest BCUT2D eigenvalue weighted by molar-refractivity contribution is 7.93. The van der Waals surface area contributed by atoms with Gasteiger partial charge in [0.1, 0.15) is 12.4 Å². The highest BCUT2D eigenvalue weighted by Gasteiger charge is 2.39. The Kier molecular flexibility index (Phi) is 4.19. The van der Waals surface area contributed by atoms with Gasteiger partial charge < -0.3 is 14.6 Å². The molecule has 0 spiro atoms. The van der Waals surface area contributed by atoms with Crippen molar-refractivity contribution in [3.63, 3.8) is 0 Å². The molecule has 1 aromatic carbocycles. The number of aliphatic hydroxyl groups is 1. The average Bonchev–Trinajstić information content (AvgIpc) is 2.86. The van der Waals surface area contributed by atoms with Gasteiger partial charge in [0.25, 0.3) is 0 Å². The molecular weight excluding hydrogens is 290 g/mol. The van der Waals surface area contributed by atoms with E-state index in [1.54, 1.807) is 0 Å². The number of rotatable bonds is 5. The van der Waals surface area contributed by atoms with Crippen molar-refractivity contribution >= 4 is 15.4 Å². The number of hydrogen-bond donors (Lipinski definition) is 1. The lowest BCUT2D eigenvalue weighted by atomic mass is 9.88. The summed E-state index contributed by atoms with van der Waals surface area (Å²) in [7, 11) is -2.02. The first-order valence-electron chi connectivity index (χ1n) is 7.27. The van der Waals surface area contributed by atoms with Crippen molar-refractivity contribution in [2.75, 3.05) is 37.9 Å². The van der Waals surface area contributed by atoms with E-state index in [0.29, 0.717) is 31.3 Å². The number of nitrogens with zero attached hydrogens (tertiary/aromatic N) is 1. The van der Waals surface area contributed by atoms with Gasteiger partial charge in [0.15, 0.2) is 0 Å². The number of hydrogen-bond acceptors (Lipinski definition) is 5. The van der Waals surface area contributed by atoms with Gasteiger partial charge in [-0.05, 0) is 37.1 Å². The summed E-state index contributed by atoms with van der Waals surface area (Å²) < 4.78 is 27.6. The third-order valence-electron chi connectivity index (χ3n) is 3.98. The lowest BCUT2D eigenvalue weighted by molar-refractivity contribution is -0.153. The summed E-state index contributed by atoms with van der Waals surface area (Å²) >= 11 is 0. The van der Waals surface area contributed by atoms with E-state index in [9.17, 15) is 9.32 Å². The molecule has 0 aliphatic carbocycles. The van der Waals surface area contributed by atoms with Gasteiger partial charge in [-0.2, -0.15) is 4.36 Å². The van der Waals surface area contributed by atoms with Gasteiger partial charge in [0.2, 0.25) is 0 Å². The Morgan fingerprint density at radius 3 is 2.43 bits per heavy atom. The second-order valence-corrected chi connectivity index (χ2v) is 8.46. The minimum absolute atomic E-state index is 0.0719. The smallest absolute Gasteiger partial charge is 0.119 e. The molecule has 5 nitrogen and oxygen atoms in total. The SMILES string of the molecule is O=S1(=Nc2ccc(OCC3(CO)COC3)cc2)CCCC1. The lowest BCUT2D eigenvalue weighted by Gasteiger charge is -2.39. The second kappa shape index (κ2) is 5.94. The van der Waals surface area contributed by atoms with Crippen LogP contribution >= 0.6 is 0 Å². The Bertz CT molecular complexity index is 583. The van der Waals surface area contributed by atoms with E-state index in [4.69, 9.17) is 9.47 Å². The first kappa shape index (κ1) is 14.8. The molecule has 1 N–H and O–H groups in total. The Hall–Kier alpha value is -1.11. The molecule has 0 aromatic heterocycles. The maximum Gasteiger partial charge on any atom is 0.119 e. The zero-order valence-corrected chi connectivity index (χ0v) is 12.8. The highest BCUT2D eigenvalue weighted by atomic mass is 32.2. The predicted octanol–water partition coefficient (Wildman–Crippen LogP) is 1.97. The molecule has 2 fully saturated rings. The summed E-state index contributed by atoms with van der Waals surface area (Å²) in [6, 6.07) is 7.34. The van der Waals surface area contributed by atoms with Crippen LogP contribution in [-0.2, 0) is 14.5 Å². The average molecular weight is 311 g/mol. The van der Waals surface area contributed by atoms with Gasteiger partial charge >= 0.3 is 0 Å². The van der Waals surface area contributed by atoms with Crippen molar-refractivity contribution < 1.29 is 18.8 Å². The van der Waals surface area contributed by atoms with Gasteiger partial charge in [0, 0.05) is 11.5 Å². The summed E-state index contributed by atoms with van der Waals surface area (Å²) in [6.45, 7) is 1.59. The fourth-order valence-electron chi connectivity index (χ4n) is 2.49. The molecule has 0 radical (unpaired) electrons. The minimum atomic E-state index is -2.02. The fraction of sp³-hybridized carbons (Fsp3) is 0.600. The van der Waals surface area contributed by atoms with Crippen molar-refractivity contribution in [1.82, 2.24) is 0 Å². The molecule has 21 heavy (non-hydrogen) atoms. The molecule has 1 aromatic rings. The van der Waals surface area contributed by atoms with Crippen LogP contribution in [0, 0.1) is 5.41 Å². The Labute approximate surface area is 125 Å². The summed E-state index contributed by atoms with van der Waals surface area (Å²) in [4.78, 5) is 0. The van der Waals surface area contributed by atoms with E-state index in [2.05, 4.69) is 4.36 Å². The predicted molar refractivity (Wildman–Crippen MR) is 81.5 cm³/mol. The molecule has 0 bridgehead atoms. The Balaban J connectivity index is 1.63. The molecule has 2 heterocycles. The summed E-state index contributed by atoms with van der Waals surface area (Å²) in [5.41, 5.74) is 0.494. The highest BCUT2D eigenvalue weighted by Crippen LogP contribution is 2.29. The van der Waals surface area contributed by atoms with Crippen molar-refractivity contribution in [3.05, 3.63) is 24.3 Å². The quantitative estimate of drug-likeness (QED) is 0.902. The van der Waals surface area contributed by atoms with Crippen molar-refractivity contribution in [2.45, 2.75) is 12.8 Å². The summed E-state index contributed by atoms with van der Waals surface area (Å²) in [5, 5.41) is 9.34. The zero-order valence-electron chi connectivity index (χ0n) is 12.0. The molecule has 116 valence electrons. The van der Waals surface area contributed by atoms with Crippen LogP contribution in [0.15, 0.2) is 28.6 Å². The van der Waals surface area contributed by atoms with Crippen LogP contribution < -0.4 is 4.74 Å². The Morgan fingerprint density at radius 2 is 1.90 bits per heavy atom. The molecule has 2 saturated heterocycles. The monoisotopic (exact) mass is 311 g/mol. The van der Waals surface area contributed by atoms with Crippen LogP contribution in [0.25, 0.3) is 0 Å². The van der Waals surface area contributed by atoms with E-state index < -0.39 is 9.73 Å². The summed E-state index contributed by atoms with van der Waals surface area (Å²) in [5.74, 6) is 2.16. The molecule has 6 heteroatoms. The van der Waals surface area contributed by atoms with Crippen LogP contribution in [0.3, 0.4) is 0 Å². The van der Waals surface area contributed by atoms with Crippen LogP contribution in [0.4, 0.5) is 5.69 Å². The maximum absolute atomic E-state index is 12.3. The molecular formula is C15H21NO4S. The summed E-state index contributed by atoms with van der Waals surface area (Å²) in [6.07, 6.45) is 2.02. The standard InChI is InChI=1S/C15H21NO4S/c17-9-15(10-19-11-15)12-20-14-5-3-13(4-6-14)16-21(18)7-1-2-8-21/h3-6,17H,1-2,7-12H2. The van der Waals surface area contributed by atoms with Crippen LogP contribution in [-0.4, -0.2) is 47.2 Å². The number of benzene rings is 1. The minimum Gasteiger partial charge on any atom is -0.493 e. The first-order chi connectivity index (χ1) is 10.1. The van der Waals surface area contributed by atoms with Crippen molar-refractivity contribution in [2.24, 2.45) is 9.78 Å². The van der Waals surface area contributed by atoms with Gasteiger partial charge in [0.05, 0.1) is 40.7 Å². The lowest BCUT2D eigenvalue weighted by Crippen LogP contribution is -2.49. The van der Waals surface area contributed by atoms with E-state index in [-0.39, 0.29) is 12.0 Å². The fourth-order valence-corrected chi connectivity index (χ4v) is 4.69. The van der Waals surface area contributed by atoms with Crippen LogP contribution in [0.1, 0.15) is 12.8 Å². The maximum atomic E-state index is 12.3. The normalized spacial score (nSPS) is 22.5. The van der Waals surface area contributed by atoms with Crippen molar-refractivity contribution in [1.29, 1.82) is 0 Å². The third-order valence-corrected chi connectivity index (χ3v) is 6.38. The zero-order chi connectivity index (χ0) is 14.8. The molecule has 0 atom stereocenters. The molecule has 2 aliphatic heterocycles. The number of ether oxygens (including phenoxy) is 2. The second-order valence-electron chi connectivity index (χ2n) is 5.91. The number of aliphatic hydroxyl groups excluding tert-OH is 1. The van der Waals surface area contributed by atoms with Gasteiger partial charge in [-0.1, -0.05) is 0 Å².